The summed E-state index contributed by atoms with van der Waals surface area (Å²) in [7, 11) is -3.74. The fraction of sp³-hybridized carbons (Fsp3) is 0.278. The van der Waals surface area contributed by atoms with Gasteiger partial charge in [-0.15, -0.1) is 0 Å². The Kier molecular flexibility index (Phi) is 5.97. The summed E-state index contributed by atoms with van der Waals surface area (Å²) in [4.78, 5) is 10.7. The van der Waals surface area contributed by atoms with Gasteiger partial charge in [-0.05, 0) is 49.6 Å². The van der Waals surface area contributed by atoms with Crippen molar-refractivity contribution in [2.75, 3.05) is 18.5 Å². The molecule has 0 saturated carbocycles. The van der Waals surface area contributed by atoms with Gasteiger partial charge in [0.15, 0.2) is 0 Å². The van der Waals surface area contributed by atoms with Crippen LogP contribution in [-0.4, -0.2) is 36.4 Å². The van der Waals surface area contributed by atoms with Crippen molar-refractivity contribution in [2.24, 2.45) is 5.10 Å². The quantitative estimate of drug-likeness (QED) is 0.432. The Labute approximate surface area is 168 Å². The van der Waals surface area contributed by atoms with Crippen LogP contribution in [0.2, 0.25) is 5.02 Å². The summed E-state index contributed by atoms with van der Waals surface area (Å²) in [6.45, 7) is 2.61. The number of nitrogens with one attached hydrogen (secondary N) is 1. The van der Waals surface area contributed by atoms with E-state index in [4.69, 9.17) is 11.6 Å². The predicted octanol–water partition coefficient (Wildman–Crippen LogP) is 3.87. The third-order valence-electron chi connectivity index (χ3n) is 4.47. The molecule has 0 aromatic heterocycles. The minimum Gasteiger partial charge on any atom is -0.271 e. The Balaban J connectivity index is 1.88. The Morgan fingerprint density at radius 1 is 1.18 bits per heavy atom. The molecule has 28 heavy (non-hydrogen) atoms. The molecule has 0 spiro atoms. The lowest BCUT2D eigenvalue weighted by atomic mass is 10.1. The van der Waals surface area contributed by atoms with E-state index in [1.165, 1.54) is 16.4 Å². The molecule has 0 atom stereocenters. The highest BCUT2D eigenvalue weighted by atomic mass is 35.5. The summed E-state index contributed by atoms with van der Waals surface area (Å²) in [5.41, 5.74) is 3.81. The first-order valence-corrected chi connectivity index (χ1v) is 10.5. The Morgan fingerprint density at radius 3 is 2.43 bits per heavy atom. The molecule has 0 aliphatic carbocycles. The molecule has 1 N–H and O–H groups in total. The second kappa shape index (κ2) is 8.26. The van der Waals surface area contributed by atoms with E-state index < -0.39 is 14.9 Å². The lowest BCUT2D eigenvalue weighted by Gasteiger charge is -2.15. The van der Waals surface area contributed by atoms with Crippen LogP contribution in [0.15, 0.2) is 52.5 Å². The zero-order chi connectivity index (χ0) is 20.3. The van der Waals surface area contributed by atoms with Gasteiger partial charge in [0.1, 0.15) is 5.69 Å². The molecular weight excluding hydrogens is 404 g/mol. The maximum atomic E-state index is 12.6. The molecule has 1 fully saturated rings. The molecule has 2 aromatic carbocycles. The van der Waals surface area contributed by atoms with Crippen molar-refractivity contribution < 1.29 is 13.3 Å². The summed E-state index contributed by atoms with van der Waals surface area (Å²) in [5.74, 6) is 0. The number of nitrogens with zero attached hydrogens (tertiary/aromatic N) is 3. The first kappa shape index (κ1) is 20.2. The zero-order valence-corrected chi connectivity index (χ0v) is 16.7. The topological polar surface area (TPSA) is 105 Å². The number of nitro groups is 1. The van der Waals surface area contributed by atoms with Crippen molar-refractivity contribution in [1.29, 1.82) is 0 Å². The number of hydrogen-bond acceptors (Lipinski definition) is 6. The van der Waals surface area contributed by atoms with Gasteiger partial charge >= 0.3 is 0 Å². The Bertz CT molecular complexity index is 1020. The van der Waals surface area contributed by atoms with Gasteiger partial charge in [-0.25, -0.2) is 8.42 Å². The molecule has 0 unspecified atom stereocenters. The van der Waals surface area contributed by atoms with E-state index in [2.05, 4.69) is 10.5 Å². The van der Waals surface area contributed by atoms with Gasteiger partial charge in [0, 0.05) is 24.2 Å². The van der Waals surface area contributed by atoms with E-state index in [9.17, 15) is 18.5 Å². The van der Waals surface area contributed by atoms with E-state index in [0.29, 0.717) is 23.8 Å². The molecule has 1 saturated heterocycles. The van der Waals surface area contributed by atoms with E-state index in [1.807, 2.05) is 0 Å². The van der Waals surface area contributed by atoms with Crippen molar-refractivity contribution >= 4 is 38.7 Å². The minimum atomic E-state index is -3.74. The third kappa shape index (κ3) is 4.32. The molecule has 3 rings (SSSR count). The van der Waals surface area contributed by atoms with Crippen molar-refractivity contribution in [2.45, 2.75) is 24.7 Å². The van der Waals surface area contributed by atoms with Gasteiger partial charge in [-0.3, -0.25) is 15.5 Å². The number of halogens is 1. The maximum Gasteiger partial charge on any atom is 0.295 e. The third-order valence-corrected chi connectivity index (χ3v) is 6.62. The van der Waals surface area contributed by atoms with Crippen LogP contribution in [-0.2, 0) is 10.0 Å². The van der Waals surface area contributed by atoms with Gasteiger partial charge in [0.05, 0.1) is 15.5 Å². The van der Waals surface area contributed by atoms with Crippen LogP contribution in [0, 0.1) is 10.1 Å². The molecule has 1 heterocycles. The van der Waals surface area contributed by atoms with Crippen LogP contribution in [0.3, 0.4) is 0 Å². The molecule has 1 aliphatic heterocycles. The van der Waals surface area contributed by atoms with Crippen LogP contribution >= 0.6 is 11.6 Å². The van der Waals surface area contributed by atoms with Gasteiger partial charge in [0.2, 0.25) is 10.0 Å². The highest BCUT2D eigenvalue weighted by molar-refractivity contribution is 7.89. The van der Waals surface area contributed by atoms with E-state index in [0.717, 1.165) is 24.5 Å². The zero-order valence-electron chi connectivity index (χ0n) is 15.1. The Morgan fingerprint density at radius 2 is 1.82 bits per heavy atom. The lowest BCUT2D eigenvalue weighted by Crippen LogP contribution is -2.27. The van der Waals surface area contributed by atoms with Crippen LogP contribution in [0.25, 0.3) is 0 Å². The molecular formula is C18H19ClN4O4S. The van der Waals surface area contributed by atoms with Gasteiger partial charge in [0.25, 0.3) is 5.69 Å². The smallest absolute Gasteiger partial charge is 0.271 e. The molecule has 2 aromatic rings. The van der Waals surface area contributed by atoms with Crippen LogP contribution in [0.4, 0.5) is 11.4 Å². The number of hydrazone groups is 1. The number of benzene rings is 2. The average molecular weight is 423 g/mol. The maximum absolute atomic E-state index is 12.6. The lowest BCUT2D eigenvalue weighted by molar-refractivity contribution is -0.384. The van der Waals surface area contributed by atoms with E-state index in [-0.39, 0.29) is 16.3 Å². The van der Waals surface area contributed by atoms with Crippen LogP contribution < -0.4 is 5.43 Å². The molecule has 0 amide bonds. The minimum absolute atomic E-state index is 0.0925. The molecule has 0 radical (unpaired) electrons. The highest BCUT2D eigenvalue weighted by Gasteiger charge is 2.29. The Hall–Kier alpha value is -2.49. The monoisotopic (exact) mass is 422 g/mol. The second-order valence-electron chi connectivity index (χ2n) is 6.36. The van der Waals surface area contributed by atoms with Crippen molar-refractivity contribution in [3.8, 4) is 0 Å². The second-order valence-corrected chi connectivity index (χ2v) is 8.74. The number of rotatable bonds is 6. The average Bonchev–Trinajstić information content (AvgIpc) is 3.22. The molecule has 8 nitrogen and oxygen atoms in total. The van der Waals surface area contributed by atoms with Crippen molar-refractivity contribution in [3.63, 3.8) is 0 Å². The number of hydrogen-bond donors (Lipinski definition) is 1. The summed E-state index contributed by atoms with van der Waals surface area (Å²) in [6.07, 6.45) is 1.58. The molecule has 1 aliphatic rings. The van der Waals surface area contributed by atoms with E-state index >= 15 is 0 Å². The first-order valence-electron chi connectivity index (χ1n) is 8.64. The normalized spacial score (nSPS) is 15.6. The number of nitro benzene ring substituents is 1. The van der Waals surface area contributed by atoms with Gasteiger partial charge in [-0.1, -0.05) is 23.7 Å². The molecule has 148 valence electrons. The predicted molar refractivity (Wildman–Crippen MR) is 108 cm³/mol. The summed E-state index contributed by atoms with van der Waals surface area (Å²) in [6, 6.07) is 10.8. The fourth-order valence-corrected chi connectivity index (χ4v) is 4.56. The summed E-state index contributed by atoms with van der Waals surface area (Å²) < 4.78 is 26.6. The summed E-state index contributed by atoms with van der Waals surface area (Å²) in [5, 5.41) is 16.2. The first-order chi connectivity index (χ1) is 13.3. The number of anilines is 1. The van der Waals surface area contributed by atoms with Crippen molar-refractivity contribution in [3.05, 3.63) is 63.2 Å². The largest absolute Gasteiger partial charge is 0.295 e. The van der Waals surface area contributed by atoms with Crippen molar-refractivity contribution in [1.82, 2.24) is 4.31 Å². The summed E-state index contributed by atoms with van der Waals surface area (Å²) >= 11 is 5.86. The molecule has 0 bridgehead atoms. The highest BCUT2D eigenvalue weighted by Crippen LogP contribution is 2.30. The fourth-order valence-electron chi connectivity index (χ4n) is 2.89. The van der Waals surface area contributed by atoms with Gasteiger partial charge in [-0.2, -0.15) is 9.41 Å². The SMILES string of the molecule is C/C(=N\Nc1ccc(S(=O)(=O)N2CCCC2)cc1[N+](=O)[O-])c1ccc(Cl)cc1. The molecule has 10 heteroatoms. The van der Waals surface area contributed by atoms with Crippen LogP contribution in [0.1, 0.15) is 25.3 Å². The standard InChI is InChI=1S/C18H19ClN4O4S/c1-13(14-4-6-15(19)7-5-14)20-21-17-9-8-16(12-18(17)23(24)25)28(26,27)22-10-2-3-11-22/h4-9,12,21H,2-3,10-11H2,1H3/b20-13+. The van der Waals surface area contributed by atoms with Crippen LogP contribution in [0.5, 0.6) is 0 Å². The van der Waals surface area contributed by atoms with Gasteiger partial charge < -0.3 is 0 Å². The van der Waals surface area contributed by atoms with E-state index in [1.54, 1.807) is 31.2 Å². The number of sulfonamides is 1.